The lowest BCUT2D eigenvalue weighted by Crippen LogP contribution is -2.30. The molecule has 86 valence electrons. The highest BCUT2D eigenvalue weighted by atomic mass is 15.2. The number of nitrogens with one attached hydrogen (secondary N) is 1. The van der Waals surface area contributed by atoms with Crippen LogP contribution in [0.15, 0.2) is 12.4 Å². The predicted octanol–water partition coefficient (Wildman–Crippen LogP) is 1.66. The van der Waals surface area contributed by atoms with Gasteiger partial charge in [0.1, 0.15) is 0 Å². The number of rotatable bonds is 6. The summed E-state index contributed by atoms with van der Waals surface area (Å²) in [6, 6.07) is 0.415. The molecule has 0 aliphatic carbocycles. The van der Waals surface area contributed by atoms with Crippen molar-refractivity contribution in [3.05, 3.63) is 12.4 Å². The van der Waals surface area contributed by atoms with Crippen molar-refractivity contribution in [2.24, 2.45) is 0 Å². The molecule has 1 aromatic rings. The molecule has 0 fully saturated rings. The van der Waals surface area contributed by atoms with Crippen LogP contribution in [-0.4, -0.2) is 41.1 Å². The van der Waals surface area contributed by atoms with E-state index in [4.69, 9.17) is 0 Å². The summed E-state index contributed by atoms with van der Waals surface area (Å²) in [5.74, 6) is 0.978. The first kappa shape index (κ1) is 12.0. The Hall–Kier alpha value is -1.03. The SMILES string of the molecule is CCCn1ccnc1NC(C)CN(C)C. The molecule has 15 heavy (non-hydrogen) atoms. The summed E-state index contributed by atoms with van der Waals surface area (Å²) < 4.78 is 2.16. The summed E-state index contributed by atoms with van der Waals surface area (Å²) in [6.45, 7) is 6.38. The fourth-order valence-corrected chi connectivity index (χ4v) is 1.68. The van der Waals surface area contributed by atoms with Crippen LogP contribution in [0.3, 0.4) is 0 Å². The summed E-state index contributed by atoms with van der Waals surface area (Å²) in [6.07, 6.45) is 5.00. The van der Waals surface area contributed by atoms with Crippen LogP contribution in [0, 0.1) is 0 Å². The van der Waals surface area contributed by atoms with E-state index in [0.717, 1.165) is 25.5 Å². The van der Waals surface area contributed by atoms with Gasteiger partial charge in [0.2, 0.25) is 5.95 Å². The molecule has 1 atom stereocenters. The van der Waals surface area contributed by atoms with Gasteiger partial charge in [-0.05, 0) is 27.4 Å². The van der Waals surface area contributed by atoms with Gasteiger partial charge in [0.25, 0.3) is 0 Å². The van der Waals surface area contributed by atoms with E-state index in [9.17, 15) is 0 Å². The van der Waals surface area contributed by atoms with E-state index in [-0.39, 0.29) is 0 Å². The second-order valence-electron chi connectivity index (χ2n) is 4.25. The monoisotopic (exact) mass is 210 g/mol. The van der Waals surface area contributed by atoms with Crippen LogP contribution in [0.25, 0.3) is 0 Å². The maximum Gasteiger partial charge on any atom is 0.203 e. The van der Waals surface area contributed by atoms with Gasteiger partial charge in [-0.3, -0.25) is 0 Å². The first-order chi connectivity index (χ1) is 7.13. The Balaban J connectivity index is 2.51. The molecule has 0 saturated carbocycles. The van der Waals surface area contributed by atoms with Crippen molar-refractivity contribution < 1.29 is 0 Å². The molecule has 0 radical (unpaired) electrons. The molecular weight excluding hydrogens is 188 g/mol. The van der Waals surface area contributed by atoms with Crippen LogP contribution >= 0.6 is 0 Å². The standard InChI is InChI=1S/C11H22N4/c1-5-7-15-8-6-12-11(15)13-10(2)9-14(3)4/h6,8,10H,5,7,9H2,1-4H3,(H,12,13). The van der Waals surface area contributed by atoms with Crippen LogP contribution in [0.2, 0.25) is 0 Å². The van der Waals surface area contributed by atoms with Crippen molar-refractivity contribution in [1.29, 1.82) is 0 Å². The first-order valence-electron chi connectivity index (χ1n) is 5.56. The Morgan fingerprint density at radius 1 is 1.53 bits per heavy atom. The summed E-state index contributed by atoms with van der Waals surface area (Å²) in [5, 5.41) is 3.42. The predicted molar refractivity (Wildman–Crippen MR) is 64.2 cm³/mol. The van der Waals surface area contributed by atoms with Gasteiger partial charge in [0.15, 0.2) is 0 Å². The van der Waals surface area contributed by atoms with E-state index in [1.54, 1.807) is 0 Å². The van der Waals surface area contributed by atoms with Gasteiger partial charge in [-0.1, -0.05) is 6.92 Å². The lowest BCUT2D eigenvalue weighted by atomic mass is 10.3. The summed E-state index contributed by atoms with van der Waals surface area (Å²) >= 11 is 0. The lowest BCUT2D eigenvalue weighted by molar-refractivity contribution is 0.391. The van der Waals surface area contributed by atoms with E-state index in [1.165, 1.54) is 0 Å². The number of hydrogen-bond donors (Lipinski definition) is 1. The average Bonchev–Trinajstić information content (AvgIpc) is 2.52. The van der Waals surface area contributed by atoms with Gasteiger partial charge in [-0.15, -0.1) is 0 Å². The zero-order valence-electron chi connectivity index (χ0n) is 10.2. The first-order valence-corrected chi connectivity index (χ1v) is 5.56. The number of likely N-dealkylation sites (N-methyl/N-ethyl adjacent to an activating group) is 1. The van der Waals surface area contributed by atoms with Gasteiger partial charge >= 0.3 is 0 Å². The van der Waals surface area contributed by atoms with Gasteiger partial charge in [-0.25, -0.2) is 4.98 Å². The lowest BCUT2D eigenvalue weighted by Gasteiger charge is -2.19. The Labute approximate surface area is 92.3 Å². The van der Waals surface area contributed by atoms with E-state index >= 15 is 0 Å². The van der Waals surface area contributed by atoms with Crippen molar-refractivity contribution >= 4 is 5.95 Å². The Morgan fingerprint density at radius 3 is 2.87 bits per heavy atom. The third kappa shape index (κ3) is 3.91. The van der Waals surface area contributed by atoms with Gasteiger partial charge in [-0.2, -0.15) is 0 Å². The van der Waals surface area contributed by atoms with Crippen LogP contribution in [-0.2, 0) is 6.54 Å². The molecule has 0 aliphatic rings. The van der Waals surface area contributed by atoms with Crippen molar-refractivity contribution in [2.75, 3.05) is 26.0 Å². The van der Waals surface area contributed by atoms with Crippen LogP contribution in [0.1, 0.15) is 20.3 Å². The Kier molecular flexibility index (Phi) is 4.62. The van der Waals surface area contributed by atoms with Gasteiger partial charge in [0.05, 0.1) is 0 Å². The number of anilines is 1. The van der Waals surface area contributed by atoms with Crippen molar-refractivity contribution in [3.8, 4) is 0 Å². The molecule has 0 bridgehead atoms. The van der Waals surface area contributed by atoms with Gasteiger partial charge < -0.3 is 14.8 Å². The minimum absolute atomic E-state index is 0.415. The summed E-state index contributed by atoms with van der Waals surface area (Å²) in [4.78, 5) is 6.49. The van der Waals surface area contributed by atoms with E-state index in [2.05, 4.69) is 47.7 Å². The fraction of sp³-hybridized carbons (Fsp3) is 0.727. The minimum Gasteiger partial charge on any atom is -0.352 e. The summed E-state index contributed by atoms with van der Waals surface area (Å²) in [5.41, 5.74) is 0. The van der Waals surface area contributed by atoms with Crippen LogP contribution in [0.5, 0.6) is 0 Å². The number of aromatic nitrogens is 2. The molecule has 0 amide bonds. The highest BCUT2D eigenvalue weighted by Gasteiger charge is 2.07. The molecule has 0 aliphatic heterocycles. The topological polar surface area (TPSA) is 33.1 Å². The molecule has 4 heteroatoms. The Morgan fingerprint density at radius 2 is 2.27 bits per heavy atom. The average molecular weight is 210 g/mol. The zero-order chi connectivity index (χ0) is 11.3. The van der Waals surface area contributed by atoms with Crippen molar-refractivity contribution in [1.82, 2.24) is 14.5 Å². The molecule has 4 nitrogen and oxygen atoms in total. The third-order valence-electron chi connectivity index (χ3n) is 2.19. The molecule has 0 spiro atoms. The number of imidazole rings is 1. The number of nitrogens with zero attached hydrogens (tertiary/aromatic N) is 3. The molecule has 1 N–H and O–H groups in total. The second-order valence-corrected chi connectivity index (χ2v) is 4.25. The molecule has 1 rings (SSSR count). The van der Waals surface area contributed by atoms with Crippen LogP contribution < -0.4 is 5.32 Å². The largest absolute Gasteiger partial charge is 0.352 e. The molecular formula is C11H22N4. The fourth-order valence-electron chi connectivity index (χ4n) is 1.68. The normalized spacial score (nSPS) is 13.1. The van der Waals surface area contributed by atoms with E-state index < -0.39 is 0 Å². The Bertz CT molecular complexity index is 280. The zero-order valence-corrected chi connectivity index (χ0v) is 10.2. The maximum atomic E-state index is 4.32. The van der Waals surface area contributed by atoms with E-state index in [0.29, 0.717) is 6.04 Å². The van der Waals surface area contributed by atoms with Crippen molar-refractivity contribution in [2.45, 2.75) is 32.9 Å². The summed E-state index contributed by atoms with van der Waals surface area (Å²) in [7, 11) is 4.16. The smallest absolute Gasteiger partial charge is 0.203 e. The molecule has 0 aromatic carbocycles. The highest BCUT2D eigenvalue weighted by Crippen LogP contribution is 2.07. The molecule has 1 aromatic heterocycles. The quantitative estimate of drug-likeness (QED) is 0.775. The number of aryl methyl sites for hydroxylation is 1. The molecule has 0 saturated heterocycles. The van der Waals surface area contributed by atoms with Gasteiger partial charge in [0, 0.05) is 31.5 Å². The van der Waals surface area contributed by atoms with E-state index in [1.807, 2.05) is 12.4 Å². The highest BCUT2D eigenvalue weighted by molar-refractivity contribution is 5.27. The maximum absolute atomic E-state index is 4.32. The van der Waals surface area contributed by atoms with Crippen molar-refractivity contribution in [3.63, 3.8) is 0 Å². The molecule has 1 heterocycles. The van der Waals surface area contributed by atoms with Crippen LogP contribution in [0.4, 0.5) is 5.95 Å². The minimum atomic E-state index is 0.415. The second kappa shape index (κ2) is 5.75. The third-order valence-corrected chi connectivity index (χ3v) is 2.19. The molecule has 1 unspecified atom stereocenters. The number of hydrogen-bond acceptors (Lipinski definition) is 3.